The van der Waals surface area contributed by atoms with Gasteiger partial charge in [0.05, 0.1) is 10.4 Å². The van der Waals surface area contributed by atoms with Crippen LogP contribution in [0.25, 0.3) is 0 Å². The van der Waals surface area contributed by atoms with Gasteiger partial charge in [-0.15, -0.1) is 11.3 Å². The van der Waals surface area contributed by atoms with Crippen LogP contribution in [0.3, 0.4) is 0 Å². The van der Waals surface area contributed by atoms with Crippen LogP contribution < -0.4 is 5.32 Å². The topological polar surface area (TPSA) is 21.3 Å². The van der Waals surface area contributed by atoms with E-state index < -0.39 is 0 Å². The van der Waals surface area contributed by atoms with E-state index >= 15 is 0 Å². The van der Waals surface area contributed by atoms with E-state index in [1.54, 1.807) is 11.3 Å². The smallest absolute Gasteiger partial charge is 0.0931 e. The molecule has 0 saturated heterocycles. The van der Waals surface area contributed by atoms with E-state index in [1.807, 2.05) is 6.07 Å². The number of hydrogen-bond acceptors (Lipinski definition) is 3. The lowest BCUT2D eigenvalue weighted by atomic mass is 9.98. The molecule has 19 heavy (non-hydrogen) atoms. The quantitative estimate of drug-likeness (QED) is 0.731. The van der Waals surface area contributed by atoms with Gasteiger partial charge in [0.1, 0.15) is 0 Å². The molecule has 1 fully saturated rings. The molecule has 1 aliphatic carbocycles. The van der Waals surface area contributed by atoms with Crippen LogP contribution in [0.15, 0.2) is 12.1 Å². The normalized spacial score (nSPS) is 18.6. The standard InChI is InChI=1S/C15H24ClNOS/c1-12(14-8-9-15(16)19-14)17-10-5-11-18-13-6-3-2-4-7-13/h8-9,12-13,17H,2-7,10-11H2,1H3. The highest BCUT2D eigenvalue weighted by molar-refractivity contribution is 7.16. The molecule has 1 saturated carbocycles. The summed E-state index contributed by atoms with van der Waals surface area (Å²) in [6.07, 6.45) is 8.22. The van der Waals surface area contributed by atoms with Gasteiger partial charge in [0, 0.05) is 17.5 Å². The van der Waals surface area contributed by atoms with Gasteiger partial charge in [-0.2, -0.15) is 0 Å². The Balaban J connectivity index is 1.54. The molecule has 1 heterocycles. The predicted molar refractivity (Wildman–Crippen MR) is 83.2 cm³/mol. The third-order valence-electron chi connectivity index (χ3n) is 3.70. The van der Waals surface area contributed by atoms with Crippen molar-refractivity contribution >= 4 is 22.9 Å². The third kappa shape index (κ3) is 5.42. The number of rotatable bonds is 7. The van der Waals surface area contributed by atoms with Crippen LogP contribution in [-0.4, -0.2) is 19.3 Å². The first-order valence-electron chi connectivity index (χ1n) is 7.36. The molecule has 0 bridgehead atoms. The molecule has 4 heteroatoms. The maximum absolute atomic E-state index is 5.94. The first-order valence-corrected chi connectivity index (χ1v) is 8.55. The van der Waals surface area contributed by atoms with Crippen molar-refractivity contribution in [3.63, 3.8) is 0 Å². The Labute approximate surface area is 125 Å². The van der Waals surface area contributed by atoms with Crippen molar-refractivity contribution in [1.29, 1.82) is 0 Å². The maximum atomic E-state index is 5.94. The van der Waals surface area contributed by atoms with Gasteiger partial charge in [0.2, 0.25) is 0 Å². The van der Waals surface area contributed by atoms with E-state index in [9.17, 15) is 0 Å². The molecule has 2 rings (SSSR count). The van der Waals surface area contributed by atoms with Gasteiger partial charge in [-0.25, -0.2) is 0 Å². The van der Waals surface area contributed by atoms with Crippen LogP contribution in [0.4, 0.5) is 0 Å². The summed E-state index contributed by atoms with van der Waals surface area (Å²) in [6.45, 7) is 4.07. The summed E-state index contributed by atoms with van der Waals surface area (Å²) in [5.41, 5.74) is 0. The molecule has 1 unspecified atom stereocenters. The summed E-state index contributed by atoms with van der Waals surface area (Å²) in [7, 11) is 0. The molecule has 2 nitrogen and oxygen atoms in total. The van der Waals surface area contributed by atoms with Gasteiger partial charge >= 0.3 is 0 Å². The third-order valence-corrected chi connectivity index (χ3v) is 5.11. The second-order valence-electron chi connectivity index (χ2n) is 5.30. The Morgan fingerprint density at radius 2 is 2.16 bits per heavy atom. The SMILES string of the molecule is CC(NCCCOC1CCCCC1)c1ccc(Cl)s1. The van der Waals surface area contributed by atoms with E-state index in [2.05, 4.69) is 18.3 Å². The summed E-state index contributed by atoms with van der Waals surface area (Å²) >= 11 is 7.60. The van der Waals surface area contributed by atoms with Gasteiger partial charge in [0.25, 0.3) is 0 Å². The number of halogens is 1. The average molecular weight is 302 g/mol. The molecule has 1 aromatic heterocycles. The molecule has 0 aromatic carbocycles. The number of thiophene rings is 1. The average Bonchev–Trinajstić information content (AvgIpc) is 2.86. The van der Waals surface area contributed by atoms with Crippen molar-refractivity contribution in [2.24, 2.45) is 0 Å². The Bertz CT molecular complexity index is 363. The molecule has 1 aliphatic rings. The second-order valence-corrected chi connectivity index (χ2v) is 7.05. The van der Waals surface area contributed by atoms with Crippen LogP contribution in [0, 0.1) is 0 Å². The van der Waals surface area contributed by atoms with Crippen LogP contribution in [0.2, 0.25) is 4.34 Å². The van der Waals surface area contributed by atoms with Crippen LogP contribution in [0.1, 0.15) is 56.4 Å². The Morgan fingerprint density at radius 3 is 2.84 bits per heavy atom. The van der Waals surface area contributed by atoms with Crippen LogP contribution in [0.5, 0.6) is 0 Å². The van der Waals surface area contributed by atoms with E-state index in [4.69, 9.17) is 16.3 Å². The lowest BCUT2D eigenvalue weighted by Gasteiger charge is -2.22. The Hall–Kier alpha value is -0.0900. The molecule has 0 amide bonds. The minimum Gasteiger partial charge on any atom is -0.378 e. The van der Waals surface area contributed by atoms with Gasteiger partial charge in [-0.1, -0.05) is 30.9 Å². The number of ether oxygens (including phenoxy) is 1. The van der Waals surface area contributed by atoms with E-state index in [0.717, 1.165) is 23.9 Å². The molecule has 1 N–H and O–H groups in total. The summed E-state index contributed by atoms with van der Waals surface area (Å²) in [4.78, 5) is 1.30. The summed E-state index contributed by atoms with van der Waals surface area (Å²) in [6, 6.07) is 4.45. The Kier molecular flexibility index (Phi) is 6.65. The fourth-order valence-electron chi connectivity index (χ4n) is 2.53. The molecule has 108 valence electrons. The molecule has 1 atom stereocenters. The van der Waals surface area contributed by atoms with Gasteiger partial charge < -0.3 is 10.1 Å². The van der Waals surface area contributed by atoms with Crippen molar-refractivity contribution in [3.05, 3.63) is 21.3 Å². The largest absolute Gasteiger partial charge is 0.378 e. The first kappa shape index (κ1) is 15.3. The van der Waals surface area contributed by atoms with Gasteiger partial charge in [0.15, 0.2) is 0 Å². The Morgan fingerprint density at radius 1 is 1.37 bits per heavy atom. The first-order chi connectivity index (χ1) is 9.25. The maximum Gasteiger partial charge on any atom is 0.0931 e. The highest BCUT2D eigenvalue weighted by Crippen LogP contribution is 2.26. The zero-order chi connectivity index (χ0) is 13.5. The van der Waals surface area contributed by atoms with Crippen molar-refractivity contribution in [3.8, 4) is 0 Å². The van der Waals surface area contributed by atoms with Crippen molar-refractivity contribution < 1.29 is 4.74 Å². The molecule has 0 radical (unpaired) electrons. The summed E-state index contributed by atoms with van der Waals surface area (Å²) in [5.74, 6) is 0. The summed E-state index contributed by atoms with van der Waals surface area (Å²) < 4.78 is 6.78. The van der Waals surface area contributed by atoms with Crippen molar-refractivity contribution in [1.82, 2.24) is 5.32 Å². The van der Waals surface area contributed by atoms with Crippen molar-refractivity contribution in [2.75, 3.05) is 13.2 Å². The van der Waals surface area contributed by atoms with Gasteiger partial charge in [-0.05, 0) is 44.9 Å². The molecule has 0 aliphatic heterocycles. The zero-order valence-electron chi connectivity index (χ0n) is 11.7. The molecule has 1 aromatic rings. The molecular formula is C15H24ClNOS. The zero-order valence-corrected chi connectivity index (χ0v) is 13.2. The minimum atomic E-state index is 0.382. The fraction of sp³-hybridized carbons (Fsp3) is 0.733. The lowest BCUT2D eigenvalue weighted by molar-refractivity contribution is 0.0271. The second kappa shape index (κ2) is 8.25. The van der Waals surface area contributed by atoms with E-state index in [0.29, 0.717) is 12.1 Å². The van der Waals surface area contributed by atoms with Crippen LogP contribution in [-0.2, 0) is 4.74 Å². The van der Waals surface area contributed by atoms with Crippen molar-refractivity contribution in [2.45, 2.75) is 57.6 Å². The lowest BCUT2D eigenvalue weighted by Crippen LogP contribution is -2.22. The van der Waals surface area contributed by atoms with E-state index in [-0.39, 0.29) is 0 Å². The predicted octanol–water partition coefficient (Wildman–Crippen LogP) is 4.79. The van der Waals surface area contributed by atoms with E-state index in [1.165, 1.54) is 37.0 Å². The number of hydrogen-bond donors (Lipinski definition) is 1. The summed E-state index contributed by atoms with van der Waals surface area (Å²) in [5, 5.41) is 3.52. The van der Waals surface area contributed by atoms with Crippen LogP contribution >= 0.6 is 22.9 Å². The highest BCUT2D eigenvalue weighted by Gasteiger charge is 2.13. The minimum absolute atomic E-state index is 0.382. The monoisotopic (exact) mass is 301 g/mol. The van der Waals surface area contributed by atoms with Gasteiger partial charge in [-0.3, -0.25) is 0 Å². The molecule has 0 spiro atoms. The number of nitrogens with one attached hydrogen (secondary N) is 1. The fourth-order valence-corrected chi connectivity index (χ4v) is 3.62. The molecular weight excluding hydrogens is 278 g/mol. The highest BCUT2D eigenvalue weighted by atomic mass is 35.5.